The number of likely N-dealkylation sites (tertiary alicyclic amines) is 2. The smallest absolute Gasteiger partial charge is 0.226 e. The Morgan fingerprint density at radius 3 is 2.48 bits per heavy atom. The van der Waals surface area contributed by atoms with E-state index in [9.17, 15) is 4.79 Å². The summed E-state index contributed by atoms with van der Waals surface area (Å²) in [5, 5.41) is 2.18. The highest BCUT2D eigenvalue weighted by Crippen LogP contribution is 2.15. The molecule has 3 aliphatic rings. The van der Waals surface area contributed by atoms with Crippen LogP contribution in [0.3, 0.4) is 0 Å². The number of hydrazine groups is 1. The first kappa shape index (κ1) is 19.9. The van der Waals surface area contributed by atoms with E-state index in [1.807, 2.05) is 11.1 Å². The maximum absolute atomic E-state index is 11.9. The van der Waals surface area contributed by atoms with Gasteiger partial charge in [-0.3, -0.25) is 9.69 Å². The molecule has 2 aromatic carbocycles. The number of nitrogens with one attached hydrogen (secondary N) is 2. The zero-order chi connectivity index (χ0) is 21.0. The normalized spacial score (nSPS) is 19.7. The van der Waals surface area contributed by atoms with E-state index >= 15 is 0 Å². The molecule has 0 unspecified atom stereocenters. The molecule has 2 saturated heterocycles. The van der Waals surface area contributed by atoms with Crippen LogP contribution in [0.2, 0.25) is 0 Å². The standard InChI is InChI=1S/C26H30N4O/c31-26-5-4-16-30(26)19-22-10-12-23-24(27-28-25(23)17-22)13-11-20-6-8-21(9-7-20)18-29-14-2-1-3-15-29/h6-13,17,19,27-28H,1-5,14-16,18H2/b13-11+,22-19?. The Bertz CT molecular complexity index is 1100. The third-order valence-electron chi connectivity index (χ3n) is 6.36. The summed E-state index contributed by atoms with van der Waals surface area (Å²) in [7, 11) is 0. The van der Waals surface area contributed by atoms with Crippen LogP contribution >= 0.6 is 0 Å². The Kier molecular flexibility index (Phi) is 5.76. The molecule has 5 rings (SSSR count). The van der Waals surface area contributed by atoms with Gasteiger partial charge in [-0.15, -0.1) is 0 Å². The number of hydrogen-bond acceptors (Lipinski definition) is 4. The van der Waals surface area contributed by atoms with Gasteiger partial charge in [0.05, 0.1) is 11.4 Å². The van der Waals surface area contributed by atoms with Gasteiger partial charge in [0, 0.05) is 30.9 Å². The molecule has 0 atom stereocenters. The molecule has 1 amide bonds. The Hall–Kier alpha value is -3.05. The van der Waals surface area contributed by atoms with Crippen molar-refractivity contribution in [3.05, 3.63) is 70.1 Å². The Morgan fingerprint density at radius 2 is 1.71 bits per heavy atom. The van der Waals surface area contributed by atoms with Crippen molar-refractivity contribution in [1.82, 2.24) is 15.2 Å². The summed E-state index contributed by atoms with van der Waals surface area (Å²) < 4.78 is 0. The first-order chi connectivity index (χ1) is 15.2. The van der Waals surface area contributed by atoms with E-state index in [1.165, 1.54) is 43.5 Å². The van der Waals surface area contributed by atoms with Crippen LogP contribution in [0.25, 0.3) is 18.0 Å². The number of benzene rings is 2. The van der Waals surface area contributed by atoms with Gasteiger partial charge < -0.3 is 15.8 Å². The molecule has 3 aliphatic heterocycles. The van der Waals surface area contributed by atoms with Crippen molar-refractivity contribution in [3.63, 3.8) is 0 Å². The lowest BCUT2D eigenvalue weighted by atomic mass is 10.1. The van der Waals surface area contributed by atoms with E-state index in [2.05, 4.69) is 70.4 Å². The predicted octanol–water partition coefficient (Wildman–Crippen LogP) is 2.78. The second-order valence-corrected chi connectivity index (χ2v) is 8.70. The number of nitrogens with zero attached hydrogens (tertiary/aromatic N) is 2. The molecule has 0 bridgehead atoms. The topological polar surface area (TPSA) is 47.6 Å². The molecule has 31 heavy (non-hydrogen) atoms. The summed E-state index contributed by atoms with van der Waals surface area (Å²) >= 11 is 0. The molecule has 0 aliphatic carbocycles. The molecule has 160 valence electrons. The molecule has 5 heteroatoms. The number of rotatable bonds is 5. The van der Waals surface area contributed by atoms with Crippen molar-refractivity contribution >= 4 is 29.6 Å². The van der Waals surface area contributed by atoms with E-state index in [0.29, 0.717) is 6.42 Å². The number of amides is 1. The van der Waals surface area contributed by atoms with Crippen LogP contribution < -0.4 is 21.3 Å². The number of fused-ring (bicyclic) bond motifs is 1. The Balaban J connectivity index is 1.29. The minimum Gasteiger partial charge on any atom is -0.318 e. The van der Waals surface area contributed by atoms with Gasteiger partial charge in [0.15, 0.2) is 0 Å². The molecular weight excluding hydrogens is 384 g/mol. The van der Waals surface area contributed by atoms with Crippen molar-refractivity contribution in [2.45, 2.75) is 38.6 Å². The molecule has 5 nitrogen and oxygen atoms in total. The highest BCUT2D eigenvalue weighted by atomic mass is 16.2. The zero-order valence-corrected chi connectivity index (χ0v) is 17.9. The quantitative estimate of drug-likeness (QED) is 0.790. The van der Waals surface area contributed by atoms with Gasteiger partial charge in [-0.2, -0.15) is 0 Å². The third kappa shape index (κ3) is 4.67. The fraction of sp³-hybridized carbons (Fsp3) is 0.346. The largest absolute Gasteiger partial charge is 0.318 e. The van der Waals surface area contributed by atoms with Gasteiger partial charge in [0.2, 0.25) is 5.91 Å². The van der Waals surface area contributed by atoms with Crippen molar-refractivity contribution in [2.75, 3.05) is 25.1 Å². The van der Waals surface area contributed by atoms with Crippen LogP contribution in [-0.2, 0) is 11.3 Å². The SMILES string of the molecule is O=C1CCCN1C=c1ccc2c(c1)NNC=2/C=C/c1ccc(CN2CCCCC2)cc1. The Labute approximate surface area is 183 Å². The number of anilines is 1. The highest BCUT2D eigenvalue weighted by Gasteiger charge is 2.17. The fourth-order valence-corrected chi connectivity index (χ4v) is 4.59. The molecule has 0 radical (unpaired) electrons. The number of hydrogen-bond donors (Lipinski definition) is 2. The van der Waals surface area contributed by atoms with E-state index in [4.69, 9.17) is 0 Å². The van der Waals surface area contributed by atoms with Crippen molar-refractivity contribution in [3.8, 4) is 0 Å². The van der Waals surface area contributed by atoms with E-state index in [-0.39, 0.29) is 5.91 Å². The lowest BCUT2D eigenvalue weighted by Crippen LogP contribution is -2.28. The first-order valence-electron chi connectivity index (χ1n) is 11.4. The maximum Gasteiger partial charge on any atom is 0.226 e. The summed E-state index contributed by atoms with van der Waals surface area (Å²) in [6, 6.07) is 15.2. The van der Waals surface area contributed by atoms with Crippen LogP contribution in [-0.4, -0.2) is 35.3 Å². The molecule has 0 aromatic heterocycles. The summed E-state index contributed by atoms with van der Waals surface area (Å²) in [5.41, 5.74) is 11.2. The van der Waals surface area contributed by atoms with Gasteiger partial charge in [-0.1, -0.05) is 48.9 Å². The van der Waals surface area contributed by atoms with Gasteiger partial charge in [0.25, 0.3) is 0 Å². The molecule has 2 aromatic rings. The van der Waals surface area contributed by atoms with E-state index < -0.39 is 0 Å². The van der Waals surface area contributed by atoms with Crippen LogP contribution in [0, 0.1) is 0 Å². The van der Waals surface area contributed by atoms with Gasteiger partial charge >= 0.3 is 0 Å². The predicted molar refractivity (Wildman–Crippen MR) is 126 cm³/mol. The summed E-state index contributed by atoms with van der Waals surface area (Å²) in [4.78, 5) is 16.2. The second kappa shape index (κ2) is 8.98. The van der Waals surface area contributed by atoms with Crippen molar-refractivity contribution in [1.29, 1.82) is 0 Å². The average Bonchev–Trinajstić information content (AvgIpc) is 3.39. The molecule has 2 N–H and O–H groups in total. The number of carbonyl (C=O) groups is 1. The van der Waals surface area contributed by atoms with Crippen LogP contribution in [0.4, 0.5) is 5.69 Å². The average molecular weight is 415 g/mol. The monoisotopic (exact) mass is 414 g/mol. The molecule has 0 saturated carbocycles. The zero-order valence-electron chi connectivity index (χ0n) is 17.9. The second-order valence-electron chi connectivity index (χ2n) is 8.70. The number of piperidine rings is 1. The minimum atomic E-state index is 0.212. The van der Waals surface area contributed by atoms with Crippen LogP contribution in [0.1, 0.15) is 43.2 Å². The molecule has 0 spiro atoms. The van der Waals surface area contributed by atoms with E-state index in [1.54, 1.807) is 0 Å². The maximum atomic E-state index is 11.9. The Morgan fingerprint density at radius 1 is 0.871 bits per heavy atom. The lowest BCUT2D eigenvalue weighted by Gasteiger charge is -2.26. The van der Waals surface area contributed by atoms with Crippen molar-refractivity contribution in [2.24, 2.45) is 0 Å². The summed E-state index contributed by atoms with van der Waals surface area (Å²) in [6.07, 6.45) is 11.9. The third-order valence-corrected chi connectivity index (χ3v) is 6.36. The highest BCUT2D eigenvalue weighted by molar-refractivity contribution is 5.82. The van der Waals surface area contributed by atoms with Gasteiger partial charge in [-0.25, -0.2) is 0 Å². The summed E-state index contributed by atoms with van der Waals surface area (Å²) in [6.45, 7) is 4.33. The molecule has 2 fully saturated rings. The van der Waals surface area contributed by atoms with Crippen LogP contribution in [0.5, 0.6) is 0 Å². The molecular formula is C26H30N4O. The van der Waals surface area contributed by atoms with Crippen molar-refractivity contribution < 1.29 is 4.79 Å². The lowest BCUT2D eigenvalue weighted by molar-refractivity contribution is -0.124. The van der Waals surface area contributed by atoms with Gasteiger partial charge in [0.1, 0.15) is 0 Å². The van der Waals surface area contributed by atoms with Gasteiger partial charge in [-0.05, 0) is 60.8 Å². The fourth-order valence-electron chi connectivity index (χ4n) is 4.59. The van der Waals surface area contributed by atoms with Crippen LogP contribution in [0.15, 0.2) is 48.5 Å². The minimum absolute atomic E-state index is 0.212. The number of carbonyl (C=O) groups excluding carboxylic acids is 1. The summed E-state index contributed by atoms with van der Waals surface area (Å²) in [5.74, 6) is 0.212. The van der Waals surface area contributed by atoms with E-state index in [0.717, 1.165) is 41.3 Å². The molecule has 3 heterocycles. The first-order valence-corrected chi connectivity index (χ1v) is 11.4.